The highest BCUT2D eigenvalue weighted by molar-refractivity contribution is 7.13. The Morgan fingerprint density at radius 1 is 1.28 bits per heavy atom. The molecule has 5 nitrogen and oxygen atoms in total. The average molecular weight is 353 g/mol. The molecule has 128 valence electrons. The lowest BCUT2D eigenvalue weighted by atomic mass is 10.0. The fourth-order valence-corrected chi connectivity index (χ4v) is 3.89. The van der Waals surface area contributed by atoms with Gasteiger partial charge in [-0.2, -0.15) is 4.98 Å². The van der Waals surface area contributed by atoms with E-state index in [-0.39, 0.29) is 11.8 Å². The van der Waals surface area contributed by atoms with E-state index in [1.54, 1.807) is 11.3 Å². The van der Waals surface area contributed by atoms with Gasteiger partial charge in [0.1, 0.15) is 0 Å². The number of carbonyl (C=O) groups excluding carboxylic acids is 1. The molecule has 1 amide bonds. The van der Waals surface area contributed by atoms with Gasteiger partial charge in [-0.3, -0.25) is 4.79 Å². The van der Waals surface area contributed by atoms with Gasteiger partial charge in [0.05, 0.1) is 10.8 Å². The van der Waals surface area contributed by atoms with Crippen LogP contribution in [0.3, 0.4) is 0 Å². The van der Waals surface area contributed by atoms with Crippen molar-refractivity contribution >= 4 is 17.2 Å². The van der Waals surface area contributed by atoms with Crippen LogP contribution in [0.5, 0.6) is 0 Å². The monoisotopic (exact) mass is 353 g/mol. The predicted molar refractivity (Wildman–Crippen MR) is 96.4 cm³/mol. The summed E-state index contributed by atoms with van der Waals surface area (Å²) in [5.74, 6) is 1.61. The third kappa shape index (κ3) is 3.35. The molecule has 1 fully saturated rings. The largest absolute Gasteiger partial charge is 0.341 e. The lowest BCUT2D eigenvalue weighted by Crippen LogP contribution is -2.29. The Morgan fingerprint density at radius 3 is 2.88 bits per heavy atom. The first-order valence-corrected chi connectivity index (χ1v) is 9.29. The second-order valence-electron chi connectivity index (χ2n) is 6.45. The summed E-state index contributed by atoms with van der Waals surface area (Å²) in [6.45, 7) is 3.50. The van der Waals surface area contributed by atoms with E-state index in [4.69, 9.17) is 4.52 Å². The molecule has 1 aliphatic heterocycles. The fraction of sp³-hybridized carbons (Fsp3) is 0.316. The summed E-state index contributed by atoms with van der Waals surface area (Å²) >= 11 is 1.58. The van der Waals surface area contributed by atoms with Crippen molar-refractivity contribution in [3.8, 4) is 10.7 Å². The number of carbonyl (C=O) groups is 1. The number of hydrogen-bond donors (Lipinski definition) is 0. The predicted octanol–water partition coefficient (Wildman–Crippen LogP) is 3.92. The topological polar surface area (TPSA) is 59.2 Å². The van der Waals surface area contributed by atoms with Gasteiger partial charge in [-0.1, -0.05) is 48.5 Å². The SMILES string of the molecule is CC(CN1CC(c2nc(-c3cccs3)no2)CC1=O)c1ccccc1. The zero-order valence-corrected chi connectivity index (χ0v) is 14.8. The van der Waals surface area contributed by atoms with Crippen LogP contribution in [0.15, 0.2) is 52.4 Å². The highest BCUT2D eigenvalue weighted by atomic mass is 32.1. The molecular formula is C19H19N3O2S. The van der Waals surface area contributed by atoms with Crippen LogP contribution < -0.4 is 0 Å². The molecule has 1 saturated heterocycles. The molecule has 1 aromatic carbocycles. The van der Waals surface area contributed by atoms with E-state index in [1.165, 1.54) is 5.56 Å². The van der Waals surface area contributed by atoms with Crippen molar-refractivity contribution in [3.63, 3.8) is 0 Å². The molecule has 0 bridgehead atoms. The number of hydrogen-bond acceptors (Lipinski definition) is 5. The second-order valence-corrected chi connectivity index (χ2v) is 7.39. The minimum absolute atomic E-state index is 0.0170. The Balaban J connectivity index is 1.44. The standard InChI is InChI=1S/C19H19N3O2S/c1-13(14-6-3-2-4-7-14)11-22-12-15(10-17(22)23)19-20-18(21-24-19)16-8-5-9-25-16/h2-9,13,15H,10-12H2,1H3. The van der Waals surface area contributed by atoms with Crippen molar-refractivity contribution in [2.24, 2.45) is 0 Å². The number of benzene rings is 1. The van der Waals surface area contributed by atoms with Crippen molar-refractivity contribution in [1.82, 2.24) is 15.0 Å². The molecule has 1 aliphatic rings. The third-order valence-electron chi connectivity index (χ3n) is 4.61. The lowest BCUT2D eigenvalue weighted by Gasteiger charge is -2.21. The summed E-state index contributed by atoms with van der Waals surface area (Å²) in [6.07, 6.45) is 0.438. The van der Waals surface area contributed by atoms with E-state index in [0.717, 1.165) is 4.88 Å². The Labute approximate surface area is 150 Å². The molecule has 3 aromatic rings. The van der Waals surface area contributed by atoms with Crippen LogP contribution in [-0.4, -0.2) is 34.0 Å². The summed E-state index contributed by atoms with van der Waals surface area (Å²) < 4.78 is 5.43. The van der Waals surface area contributed by atoms with E-state index < -0.39 is 0 Å². The van der Waals surface area contributed by atoms with E-state index in [9.17, 15) is 4.79 Å². The molecule has 0 saturated carbocycles. The molecule has 25 heavy (non-hydrogen) atoms. The van der Waals surface area contributed by atoms with Gasteiger partial charge in [0.15, 0.2) is 0 Å². The molecule has 4 rings (SSSR count). The van der Waals surface area contributed by atoms with E-state index in [2.05, 4.69) is 29.2 Å². The van der Waals surface area contributed by atoms with Crippen LogP contribution in [0.2, 0.25) is 0 Å². The lowest BCUT2D eigenvalue weighted by molar-refractivity contribution is -0.127. The number of nitrogens with zero attached hydrogens (tertiary/aromatic N) is 3. The van der Waals surface area contributed by atoms with Crippen LogP contribution >= 0.6 is 11.3 Å². The maximum Gasteiger partial charge on any atom is 0.232 e. The summed E-state index contributed by atoms with van der Waals surface area (Å²) in [5.41, 5.74) is 1.25. The summed E-state index contributed by atoms with van der Waals surface area (Å²) in [7, 11) is 0. The van der Waals surface area contributed by atoms with Crippen LogP contribution in [0.4, 0.5) is 0 Å². The van der Waals surface area contributed by atoms with Gasteiger partial charge in [0.25, 0.3) is 0 Å². The Hall–Kier alpha value is -2.47. The molecular weight excluding hydrogens is 334 g/mol. The smallest absolute Gasteiger partial charge is 0.232 e. The summed E-state index contributed by atoms with van der Waals surface area (Å²) in [4.78, 5) is 19.8. The molecule has 2 atom stereocenters. The van der Waals surface area contributed by atoms with Gasteiger partial charge in [0.2, 0.25) is 17.6 Å². The third-order valence-corrected chi connectivity index (χ3v) is 5.48. The molecule has 3 heterocycles. The molecule has 0 aliphatic carbocycles. The quantitative estimate of drug-likeness (QED) is 0.697. The minimum atomic E-state index is -0.0170. The number of likely N-dealkylation sites (tertiary alicyclic amines) is 1. The molecule has 6 heteroatoms. The molecule has 0 N–H and O–H groups in total. The van der Waals surface area contributed by atoms with Crippen molar-refractivity contribution in [2.45, 2.75) is 25.2 Å². The van der Waals surface area contributed by atoms with Gasteiger partial charge in [-0.05, 0) is 22.9 Å². The Bertz CT molecular complexity index is 845. The number of amides is 1. The van der Waals surface area contributed by atoms with Crippen LogP contribution in [-0.2, 0) is 4.79 Å². The van der Waals surface area contributed by atoms with Gasteiger partial charge >= 0.3 is 0 Å². The Kier molecular flexibility index (Phi) is 4.36. The first-order valence-electron chi connectivity index (χ1n) is 8.41. The number of thiophene rings is 1. The van der Waals surface area contributed by atoms with Crippen molar-refractivity contribution in [1.29, 1.82) is 0 Å². The normalized spacial score (nSPS) is 18.7. The highest BCUT2D eigenvalue weighted by Gasteiger charge is 2.35. The van der Waals surface area contributed by atoms with Gasteiger partial charge in [0, 0.05) is 19.5 Å². The van der Waals surface area contributed by atoms with Crippen molar-refractivity contribution in [2.75, 3.05) is 13.1 Å². The molecule has 0 spiro atoms. The minimum Gasteiger partial charge on any atom is -0.341 e. The molecule has 2 unspecified atom stereocenters. The van der Waals surface area contributed by atoms with Gasteiger partial charge < -0.3 is 9.42 Å². The van der Waals surface area contributed by atoms with E-state index in [0.29, 0.717) is 37.1 Å². The van der Waals surface area contributed by atoms with Crippen molar-refractivity contribution in [3.05, 3.63) is 59.3 Å². The fourth-order valence-electron chi connectivity index (χ4n) is 3.24. The van der Waals surface area contributed by atoms with Crippen LogP contribution in [0, 0.1) is 0 Å². The average Bonchev–Trinajstić information content (AvgIpc) is 3.36. The second kappa shape index (κ2) is 6.80. The van der Waals surface area contributed by atoms with E-state index in [1.807, 2.05) is 40.6 Å². The van der Waals surface area contributed by atoms with Crippen LogP contribution in [0.25, 0.3) is 10.7 Å². The van der Waals surface area contributed by atoms with Gasteiger partial charge in [-0.15, -0.1) is 11.3 Å². The highest BCUT2D eigenvalue weighted by Crippen LogP contribution is 2.31. The maximum absolute atomic E-state index is 12.4. The summed E-state index contributed by atoms with van der Waals surface area (Å²) in [6, 6.07) is 14.2. The maximum atomic E-state index is 12.4. The zero-order chi connectivity index (χ0) is 17.2. The van der Waals surface area contributed by atoms with Crippen LogP contribution in [0.1, 0.15) is 36.6 Å². The first-order chi connectivity index (χ1) is 12.2. The zero-order valence-electron chi connectivity index (χ0n) is 14.0. The molecule has 2 aromatic heterocycles. The number of rotatable bonds is 5. The molecule has 0 radical (unpaired) electrons. The van der Waals surface area contributed by atoms with Crippen molar-refractivity contribution < 1.29 is 9.32 Å². The van der Waals surface area contributed by atoms with Gasteiger partial charge in [-0.25, -0.2) is 0 Å². The summed E-state index contributed by atoms with van der Waals surface area (Å²) in [5, 5.41) is 6.04. The first kappa shape index (κ1) is 16.0. The van der Waals surface area contributed by atoms with E-state index >= 15 is 0 Å². The number of aromatic nitrogens is 2. The Morgan fingerprint density at radius 2 is 2.12 bits per heavy atom.